The van der Waals surface area contributed by atoms with Gasteiger partial charge in [0, 0.05) is 14.9 Å². The third-order valence-electron chi connectivity index (χ3n) is 2.93. The van der Waals surface area contributed by atoms with E-state index in [0.717, 1.165) is 21.9 Å². The molecule has 0 fully saturated rings. The monoisotopic (exact) mass is 346 g/mol. The predicted octanol–water partition coefficient (Wildman–Crippen LogP) is 3.39. The summed E-state index contributed by atoms with van der Waals surface area (Å²) in [6.45, 7) is 2.20. The normalized spacial score (nSPS) is 11.1. The summed E-state index contributed by atoms with van der Waals surface area (Å²) in [5.74, 6) is 0. The van der Waals surface area contributed by atoms with Crippen LogP contribution in [0.4, 0.5) is 0 Å². The van der Waals surface area contributed by atoms with E-state index in [4.69, 9.17) is 28.3 Å². The molecule has 1 aromatic carbocycles. The zero-order valence-corrected chi connectivity index (χ0v) is 13.8. The van der Waals surface area contributed by atoms with Crippen molar-refractivity contribution in [2.24, 2.45) is 0 Å². The molecule has 0 unspecified atom stereocenters. The zero-order valence-electron chi connectivity index (χ0n) is 11.5. The van der Waals surface area contributed by atoms with E-state index < -0.39 is 0 Å². The number of rotatable bonds is 6. The quantitative estimate of drug-likeness (QED) is 0.841. The Labute approximate surface area is 137 Å². The summed E-state index contributed by atoms with van der Waals surface area (Å²) in [6, 6.07) is 5.32. The average molecular weight is 347 g/mol. The molecule has 2 aromatic rings. The fourth-order valence-corrected chi connectivity index (χ4v) is 3.88. The van der Waals surface area contributed by atoms with Crippen LogP contribution in [0, 0.1) is 0 Å². The minimum atomic E-state index is -0.135. The van der Waals surface area contributed by atoms with E-state index in [1.165, 1.54) is 11.8 Å². The molecule has 0 aliphatic rings. The van der Waals surface area contributed by atoms with Crippen molar-refractivity contribution in [3.8, 4) is 0 Å². The maximum Gasteiger partial charge on any atom is 0.0861 e. The van der Waals surface area contributed by atoms with Crippen LogP contribution in [-0.2, 0) is 19.6 Å². The second kappa shape index (κ2) is 7.51. The highest BCUT2D eigenvalue weighted by Crippen LogP contribution is 2.36. The summed E-state index contributed by atoms with van der Waals surface area (Å²) < 4.78 is 1.65. The van der Waals surface area contributed by atoms with Crippen molar-refractivity contribution in [1.82, 2.24) is 9.78 Å². The summed E-state index contributed by atoms with van der Waals surface area (Å²) in [6.07, 6.45) is 0.738. The smallest absolute Gasteiger partial charge is 0.0861 e. The van der Waals surface area contributed by atoms with E-state index in [2.05, 4.69) is 5.10 Å². The molecule has 0 spiro atoms. The first kappa shape index (κ1) is 16.6. The van der Waals surface area contributed by atoms with Gasteiger partial charge in [0.1, 0.15) is 0 Å². The SMILES string of the molecule is CCc1nn(CCO)c(CO)c1Sc1cc(Cl)cc(Cl)c1. The molecule has 0 aliphatic carbocycles. The molecule has 21 heavy (non-hydrogen) atoms. The Morgan fingerprint density at radius 2 is 1.86 bits per heavy atom. The van der Waals surface area contributed by atoms with Crippen molar-refractivity contribution in [2.75, 3.05) is 6.61 Å². The van der Waals surface area contributed by atoms with Gasteiger partial charge in [0.2, 0.25) is 0 Å². The van der Waals surface area contributed by atoms with Gasteiger partial charge in [-0.2, -0.15) is 5.10 Å². The Morgan fingerprint density at radius 3 is 2.38 bits per heavy atom. The fourth-order valence-electron chi connectivity index (χ4n) is 2.02. The predicted molar refractivity (Wildman–Crippen MR) is 85.2 cm³/mol. The second-order valence-electron chi connectivity index (χ2n) is 4.39. The maximum absolute atomic E-state index is 9.61. The topological polar surface area (TPSA) is 58.3 Å². The minimum absolute atomic E-state index is 0.0229. The van der Waals surface area contributed by atoms with Crippen LogP contribution < -0.4 is 0 Å². The van der Waals surface area contributed by atoms with Crippen molar-refractivity contribution >= 4 is 35.0 Å². The Morgan fingerprint density at radius 1 is 1.19 bits per heavy atom. The molecule has 0 radical (unpaired) electrons. The number of aliphatic hydroxyl groups is 2. The molecule has 4 nitrogen and oxygen atoms in total. The van der Waals surface area contributed by atoms with E-state index in [-0.39, 0.29) is 13.2 Å². The lowest BCUT2D eigenvalue weighted by Gasteiger charge is -2.07. The lowest BCUT2D eigenvalue weighted by molar-refractivity contribution is 0.241. The molecule has 0 saturated carbocycles. The van der Waals surface area contributed by atoms with E-state index in [0.29, 0.717) is 22.3 Å². The summed E-state index contributed by atoms with van der Waals surface area (Å²) in [5.41, 5.74) is 1.58. The van der Waals surface area contributed by atoms with Gasteiger partial charge in [-0.05, 0) is 24.6 Å². The summed E-state index contributed by atoms with van der Waals surface area (Å²) >= 11 is 13.5. The van der Waals surface area contributed by atoms with Crippen LogP contribution in [0.3, 0.4) is 0 Å². The van der Waals surface area contributed by atoms with E-state index in [9.17, 15) is 5.11 Å². The van der Waals surface area contributed by atoms with Crippen molar-refractivity contribution in [2.45, 2.75) is 36.3 Å². The average Bonchev–Trinajstić information content (AvgIpc) is 2.75. The number of halogens is 2. The first-order chi connectivity index (χ1) is 10.1. The molecule has 1 aromatic heterocycles. The third-order valence-corrected chi connectivity index (χ3v) is 4.51. The number of aliphatic hydroxyl groups excluding tert-OH is 2. The number of hydrogen-bond acceptors (Lipinski definition) is 4. The first-order valence-electron chi connectivity index (χ1n) is 6.53. The number of aryl methyl sites for hydroxylation is 1. The molecule has 1 heterocycles. The molecular formula is C14H16Cl2N2O2S. The molecule has 0 amide bonds. The van der Waals surface area contributed by atoms with Gasteiger partial charge < -0.3 is 10.2 Å². The molecule has 2 rings (SSSR count). The number of benzene rings is 1. The highest BCUT2D eigenvalue weighted by atomic mass is 35.5. The Bertz CT molecular complexity index is 611. The van der Waals surface area contributed by atoms with Crippen molar-refractivity contribution in [3.05, 3.63) is 39.6 Å². The van der Waals surface area contributed by atoms with Crippen LogP contribution in [0.25, 0.3) is 0 Å². The van der Waals surface area contributed by atoms with E-state index >= 15 is 0 Å². The van der Waals surface area contributed by atoms with Gasteiger partial charge in [-0.3, -0.25) is 4.68 Å². The Kier molecular flexibility index (Phi) is 5.96. The molecular weight excluding hydrogens is 331 g/mol. The summed E-state index contributed by atoms with van der Waals surface area (Å²) in [5, 5.41) is 24.3. The summed E-state index contributed by atoms with van der Waals surface area (Å²) in [4.78, 5) is 1.78. The number of hydrogen-bond donors (Lipinski definition) is 2. The van der Waals surface area contributed by atoms with Gasteiger partial charge in [-0.1, -0.05) is 41.9 Å². The molecule has 2 N–H and O–H groups in total. The number of aromatic nitrogens is 2. The second-order valence-corrected chi connectivity index (χ2v) is 6.34. The molecule has 0 atom stereocenters. The van der Waals surface area contributed by atoms with Gasteiger partial charge in [-0.15, -0.1) is 0 Å². The van der Waals surface area contributed by atoms with Crippen molar-refractivity contribution < 1.29 is 10.2 Å². The lowest BCUT2D eigenvalue weighted by Crippen LogP contribution is -2.08. The molecule has 0 bridgehead atoms. The molecule has 7 heteroatoms. The van der Waals surface area contributed by atoms with Gasteiger partial charge in [0.25, 0.3) is 0 Å². The third kappa shape index (κ3) is 3.93. The molecule has 0 aliphatic heterocycles. The van der Waals surface area contributed by atoms with Gasteiger partial charge in [0.05, 0.1) is 36.0 Å². The highest BCUT2D eigenvalue weighted by molar-refractivity contribution is 7.99. The lowest BCUT2D eigenvalue weighted by atomic mass is 10.3. The van der Waals surface area contributed by atoms with Crippen LogP contribution in [0.15, 0.2) is 28.0 Å². The Balaban J connectivity index is 2.41. The molecule has 114 valence electrons. The van der Waals surface area contributed by atoms with Crippen LogP contribution in [-0.4, -0.2) is 26.6 Å². The van der Waals surface area contributed by atoms with Gasteiger partial charge in [0.15, 0.2) is 0 Å². The largest absolute Gasteiger partial charge is 0.394 e. The standard InChI is InChI=1S/C14H16Cl2N2O2S/c1-2-12-14(13(8-20)18(17-12)3-4-19)21-11-6-9(15)5-10(16)7-11/h5-7,19-20H,2-4,8H2,1H3. The minimum Gasteiger partial charge on any atom is -0.394 e. The van der Waals surface area contributed by atoms with Crippen LogP contribution in [0.1, 0.15) is 18.3 Å². The van der Waals surface area contributed by atoms with Crippen LogP contribution >= 0.6 is 35.0 Å². The van der Waals surface area contributed by atoms with E-state index in [1.54, 1.807) is 10.7 Å². The molecule has 0 saturated heterocycles. The fraction of sp³-hybridized carbons (Fsp3) is 0.357. The number of nitrogens with zero attached hydrogens (tertiary/aromatic N) is 2. The zero-order chi connectivity index (χ0) is 15.4. The maximum atomic E-state index is 9.61. The van der Waals surface area contributed by atoms with E-state index in [1.807, 2.05) is 19.1 Å². The van der Waals surface area contributed by atoms with Crippen LogP contribution in [0.2, 0.25) is 10.0 Å². The first-order valence-corrected chi connectivity index (χ1v) is 8.10. The van der Waals surface area contributed by atoms with Gasteiger partial charge >= 0.3 is 0 Å². The van der Waals surface area contributed by atoms with Crippen molar-refractivity contribution in [3.63, 3.8) is 0 Å². The van der Waals surface area contributed by atoms with Crippen LogP contribution in [0.5, 0.6) is 0 Å². The Hall–Kier alpha value is -0.720. The van der Waals surface area contributed by atoms with Crippen molar-refractivity contribution in [1.29, 1.82) is 0 Å². The highest BCUT2D eigenvalue weighted by Gasteiger charge is 2.17. The van der Waals surface area contributed by atoms with Gasteiger partial charge in [-0.25, -0.2) is 0 Å². The summed E-state index contributed by atoms with van der Waals surface area (Å²) in [7, 11) is 0.